The molecule has 2 aliphatic heterocycles. The molecule has 0 bridgehead atoms. The molecule has 15 heteroatoms. The van der Waals surface area contributed by atoms with Crippen LogP contribution in [-0.4, -0.2) is 142 Å². The molecule has 2 amide bonds. The summed E-state index contributed by atoms with van der Waals surface area (Å²) in [5.74, 6) is -1.13. The van der Waals surface area contributed by atoms with Crippen LogP contribution >= 0.6 is 0 Å². The number of ether oxygens (including phenoxy) is 4. The van der Waals surface area contributed by atoms with Crippen molar-refractivity contribution in [3.63, 3.8) is 0 Å². The van der Waals surface area contributed by atoms with E-state index in [4.69, 9.17) is 24.1 Å². The van der Waals surface area contributed by atoms with Crippen molar-refractivity contribution in [2.24, 2.45) is 0 Å². The number of H-pyrrole nitrogens is 1. The first-order valence-corrected chi connectivity index (χ1v) is 21.2. The molecule has 0 atom stereocenters. The van der Waals surface area contributed by atoms with E-state index in [9.17, 15) is 19.2 Å². The number of carbonyl (C=O) groups is 3. The first-order chi connectivity index (χ1) is 29.0. The Morgan fingerprint density at radius 2 is 1.50 bits per heavy atom. The molecule has 0 unspecified atom stereocenters. The lowest BCUT2D eigenvalue weighted by Crippen LogP contribution is -2.49. The lowest BCUT2D eigenvalue weighted by Gasteiger charge is -2.37. The SMILES string of the molecule is CCN(c1cc(-c2ccc(CN3CCN(CC(=O)NCCOCCOCCOCCC(=O)O)CC3)cc2)cc(C(=O)NCc2c(C)cc(C)[nH]c2=O)c1C)C1CCOCC1. The zero-order valence-corrected chi connectivity index (χ0v) is 35.8. The van der Waals surface area contributed by atoms with Gasteiger partial charge in [0, 0.05) is 94.1 Å². The number of aryl methyl sites for hydroxylation is 2. The summed E-state index contributed by atoms with van der Waals surface area (Å²) in [6, 6.07) is 15.0. The lowest BCUT2D eigenvalue weighted by molar-refractivity contribution is -0.138. The maximum atomic E-state index is 13.9. The van der Waals surface area contributed by atoms with Crippen molar-refractivity contribution in [1.82, 2.24) is 25.4 Å². The number of carboxylic acids is 1. The number of rotatable bonds is 23. The number of nitrogens with zero attached hydrogens (tertiary/aromatic N) is 3. The third-order valence-electron chi connectivity index (χ3n) is 11.1. The lowest BCUT2D eigenvalue weighted by atomic mass is 9.94. The second-order valence-electron chi connectivity index (χ2n) is 15.5. The van der Waals surface area contributed by atoms with Crippen LogP contribution < -0.4 is 21.1 Å². The van der Waals surface area contributed by atoms with Crippen LogP contribution in [0.15, 0.2) is 47.3 Å². The predicted molar refractivity (Wildman–Crippen MR) is 231 cm³/mol. The Morgan fingerprint density at radius 1 is 0.850 bits per heavy atom. The minimum Gasteiger partial charge on any atom is -0.481 e. The van der Waals surface area contributed by atoms with Gasteiger partial charge in [-0.25, -0.2) is 0 Å². The van der Waals surface area contributed by atoms with Crippen molar-refractivity contribution in [3.8, 4) is 11.1 Å². The number of carbonyl (C=O) groups excluding carboxylic acids is 2. The van der Waals surface area contributed by atoms with E-state index in [1.54, 1.807) is 0 Å². The Labute approximate surface area is 353 Å². The normalized spacial score (nSPS) is 15.2. The molecule has 0 saturated carbocycles. The monoisotopic (exact) mass is 832 g/mol. The number of hydrogen-bond acceptors (Lipinski definition) is 11. The van der Waals surface area contributed by atoms with Gasteiger partial charge in [-0.05, 0) is 86.6 Å². The van der Waals surface area contributed by atoms with Crippen LogP contribution in [0.4, 0.5) is 5.69 Å². The van der Waals surface area contributed by atoms with Crippen molar-refractivity contribution >= 4 is 23.5 Å². The Kier molecular flexibility index (Phi) is 18.5. The van der Waals surface area contributed by atoms with Crippen molar-refractivity contribution in [1.29, 1.82) is 0 Å². The van der Waals surface area contributed by atoms with Crippen LogP contribution in [-0.2, 0) is 41.6 Å². The first-order valence-electron chi connectivity index (χ1n) is 21.2. The maximum absolute atomic E-state index is 13.9. The number of pyridine rings is 1. The minimum absolute atomic E-state index is 0.0234. The summed E-state index contributed by atoms with van der Waals surface area (Å²) >= 11 is 0. The molecule has 60 heavy (non-hydrogen) atoms. The zero-order chi connectivity index (χ0) is 42.9. The fraction of sp³-hybridized carbons (Fsp3) is 0.556. The van der Waals surface area contributed by atoms with E-state index in [2.05, 4.69) is 67.6 Å². The maximum Gasteiger partial charge on any atom is 0.305 e. The standard InChI is InChI=1S/C45H64N6O9/c1-5-51(38-10-18-57-19-11-38)41-28-37(27-39(34(41)4)44(55)47-29-40-32(2)26-33(3)48-45(40)56)36-8-6-35(7-9-36)30-49-14-16-50(17-15-49)31-42(52)46-13-21-59-23-25-60-24-22-58-20-12-43(53)54/h6-9,26-28,38H,5,10-25,29-31H2,1-4H3,(H,46,52)(H,47,55)(H,48,56)(H,53,54). The van der Waals surface area contributed by atoms with E-state index in [1.807, 2.05) is 32.9 Å². The Balaban J connectivity index is 1.11. The van der Waals surface area contributed by atoms with Gasteiger partial charge >= 0.3 is 5.97 Å². The molecule has 1 aromatic heterocycles. The fourth-order valence-electron chi connectivity index (χ4n) is 7.78. The molecule has 5 rings (SSSR count). The van der Waals surface area contributed by atoms with Crippen LogP contribution in [0.3, 0.4) is 0 Å². The number of carboxylic acid groups (broad SMARTS) is 1. The predicted octanol–water partition coefficient (Wildman–Crippen LogP) is 3.66. The number of piperazine rings is 1. The fourth-order valence-corrected chi connectivity index (χ4v) is 7.78. The van der Waals surface area contributed by atoms with E-state index in [-0.39, 0.29) is 36.9 Å². The molecule has 2 aliphatic rings. The average Bonchev–Trinajstić information content (AvgIpc) is 3.23. The second kappa shape index (κ2) is 24.0. The summed E-state index contributed by atoms with van der Waals surface area (Å²) in [6.45, 7) is 17.2. The van der Waals surface area contributed by atoms with Gasteiger partial charge in [-0.15, -0.1) is 0 Å². The molecule has 328 valence electrons. The van der Waals surface area contributed by atoms with Gasteiger partial charge in [0.1, 0.15) is 0 Å². The van der Waals surface area contributed by atoms with Gasteiger partial charge in [-0.3, -0.25) is 29.0 Å². The molecule has 2 aromatic carbocycles. The van der Waals surface area contributed by atoms with Crippen LogP contribution in [0.2, 0.25) is 0 Å². The van der Waals surface area contributed by atoms with Crippen LogP contribution in [0.25, 0.3) is 11.1 Å². The summed E-state index contributed by atoms with van der Waals surface area (Å²) in [6.07, 6.45) is 1.83. The summed E-state index contributed by atoms with van der Waals surface area (Å²) in [5, 5.41) is 14.6. The Bertz CT molecular complexity index is 1910. The summed E-state index contributed by atoms with van der Waals surface area (Å²) in [5.41, 5.74) is 7.73. The number of hydrogen-bond donors (Lipinski definition) is 4. The molecule has 2 fully saturated rings. The molecule has 15 nitrogen and oxygen atoms in total. The van der Waals surface area contributed by atoms with Crippen molar-refractivity contribution in [2.75, 3.05) is 104 Å². The van der Waals surface area contributed by atoms with Crippen LogP contribution in [0, 0.1) is 20.8 Å². The molecular weight excluding hydrogens is 769 g/mol. The number of nitrogens with one attached hydrogen (secondary N) is 3. The molecule has 0 aliphatic carbocycles. The van der Waals surface area contributed by atoms with Gasteiger partial charge in [0.25, 0.3) is 11.5 Å². The van der Waals surface area contributed by atoms with E-state index in [1.165, 1.54) is 5.56 Å². The van der Waals surface area contributed by atoms with E-state index < -0.39 is 5.97 Å². The number of aliphatic carboxylic acids is 1. The number of aromatic nitrogens is 1. The van der Waals surface area contributed by atoms with Gasteiger partial charge in [0.05, 0.1) is 52.6 Å². The smallest absolute Gasteiger partial charge is 0.305 e. The average molecular weight is 833 g/mol. The largest absolute Gasteiger partial charge is 0.481 e. The van der Waals surface area contributed by atoms with Gasteiger partial charge < -0.3 is 44.6 Å². The minimum atomic E-state index is -0.888. The highest BCUT2D eigenvalue weighted by Crippen LogP contribution is 2.34. The van der Waals surface area contributed by atoms with Crippen LogP contribution in [0.5, 0.6) is 0 Å². The van der Waals surface area contributed by atoms with Gasteiger partial charge in [-0.1, -0.05) is 24.3 Å². The highest BCUT2D eigenvalue weighted by Gasteiger charge is 2.25. The summed E-state index contributed by atoms with van der Waals surface area (Å²) in [7, 11) is 0. The highest BCUT2D eigenvalue weighted by atomic mass is 16.5. The number of anilines is 1. The molecule has 2 saturated heterocycles. The molecule has 3 aromatic rings. The zero-order valence-electron chi connectivity index (χ0n) is 35.8. The third kappa shape index (κ3) is 14.2. The number of amides is 2. The molecule has 0 radical (unpaired) electrons. The van der Waals surface area contributed by atoms with E-state index in [0.29, 0.717) is 63.3 Å². The van der Waals surface area contributed by atoms with Crippen molar-refractivity contribution in [2.45, 2.75) is 66.1 Å². The van der Waals surface area contributed by atoms with Crippen molar-refractivity contribution in [3.05, 3.63) is 86.3 Å². The van der Waals surface area contributed by atoms with Crippen LogP contribution in [0.1, 0.15) is 64.5 Å². The van der Waals surface area contributed by atoms with E-state index >= 15 is 0 Å². The number of benzene rings is 2. The highest BCUT2D eigenvalue weighted by molar-refractivity contribution is 5.99. The molecule has 3 heterocycles. The number of aromatic amines is 1. The molecular formula is C45H64N6O9. The second-order valence-corrected chi connectivity index (χ2v) is 15.5. The third-order valence-corrected chi connectivity index (χ3v) is 11.1. The van der Waals surface area contributed by atoms with Gasteiger partial charge in [-0.2, -0.15) is 0 Å². The summed E-state index contributed by atoms with van der Waals surface area (Å²) in [4.78, 5) is 59.5. The molecule has 4 N–H and O–H groups in total. The molecule has 0 spiro atoms. The van der Waals surface area contributed by atoms with Gasteiger partial charge in [0.15, 0.2) is 0 Å². The topological polar surface area (TPSA) is 175 Å². The summed E-state index contributed by atoms with van der Waals surface area (Å²) < 4.78 is 21.8. The first kappa shape index (κ1) is 46.4. The van der Waals surface area contributed by atoms with E-state index in [0.717, 1.165) is 99.0 Å². The van der Waals surface area contributed by atoms with Gasteiger partial charge in [0.2, 0.25) is 5.91 Å². The Hall–Kier alpha value is -4.64. The Morgan fingerprint density at radius 3 is 2.15 bits per heavy atom. The quantitative estimate of drug-likeness (QED) is 0.102. The van der Waals surface area contributed by atoms with Crippen molar-refractivity contribution < 1.29 is 38.4 Å².